The number of hydrogen-bond acceptors (Lipinski definition) is 7. The van der Waals surface area contributed by atoms with Crippen LogP contribution in [0.5, 0.6) is 11.5 Å². The first-order valence-corrected chi connectivity index (χ1v) is 12.0. The van der Waals surface area contributed by atoms with Crippen molar-refractivity contribution in [3.05, 3.63) is 66.2 Å². The number of nitrogens with one attached hydrogen (secondary N) is 2. The normalized spacial score (nSPS) is 15.2. The van der Waals surface area contributed by atoms with E-state index in [2.05, 4.69) is 10.6 Å². The number of para-hydroxylation sites is 1. The second-order valence-electron chi connectivity index (χ2n) is 7.72. The number of esters is 1. The van der Waals surface area contributed by atoms with Gasteiger partial charge in [0.1, 0.15) is 30.8 Å². The van der Waals surface area contributed by atoms with E-state index in [1.54, 1.807) is 18.2 Å². The number of thiocarbonyl (C=S) groups is 1. The summed E-state index contributed by atoms with van der Waals surface area (Å²) in [6.07, 6.45) is 2.78. The number of benzene rings is 2. The molecule has 10 heteroatoms. The summed E-state index contributed by atoms with van der Waals surface area (Å²) in [6.45, 7) is 3.40. The molecule has 1 aliphatic heterocycles. The number of carbonyl (C=O) groups excluding carboxylic acids is 3. The third-order valence-corrected chi connectivity index (χ3v) is 5.49. The van der Waals surface area contributed by atoms with Gasteiger partial charge in [-0.15, -0.1) is 0 Å². The zero-order valence-electron chi connectivity index (χ0n) is 20.0. The van der Waals surface area contributed by atoms with E-state index in [9.17, 15) is 14.4 Å². The van der Waals surface area contributed by atoms with Gasteiger partial charge in [-0.05, 0) is 55.0 Å². The Labute approximate surface area is 215 Å². The maximum Gasteiger partial charge on any atom is 0.308 e. The van der Waals surface area contributed by atoms with E-state index in [1.807, 2.05) is 49.4 Å². The van der Waals surface area contributed by atoms with Crippen molar-refractivity contribution >= 4 is 41.2 Å². The first kappa shape index (κ1) is 26.7. The highest BCUT2D eigenvalue weighted by atomic mass is 32.1. The maximum atomic E-state index is 12.4. The molecule has 0 spiro atoms. The van der Waals surface area contributed by atoms with Crippen LogP contribution in [-0.2, 0) is 19.1 Å². The number of nitrogens with zero attached hydrogens (tertiary/aromatic N) is 1. The van der Waals surface area contributed by atoms with E-state index in [4.69, 9.17) is 26.4 Å². The first-order chi connectivity index (χ1) is 17.5. The molecule has 2 N–H and O–H groups in total. The predicted octanol–water partition coefficient (Wildman–Crippen LogP) is 2.31. The number of carbonyl (C=O) groups is 3. The van der Waals surface area contributed by atoms with Crippen LogP contribution >= 0.6 is 12.2 Å². The summed E-state index contributed by atoms with van der Waals surface area (Å²) in [5.41, 5.74) is 0.814. The molecule has 0 bridgehead atoms. The molecule has 1 aliphatic rings. The summed E-state index contributed by atoms with van der Waals surface area (Å²) in [4.78, 5) is 38.7. The Hall–Kier alpha value is -3.92. The number of ether oxygens (including phenoxy) is 3. The van der Waals surface area contributed by atoms with E-state index in [-0.39, 0.29) is 30.7 Å². The van der Waals surface area contributed by atoms with Crippen LogP contribution in [0.2, 0.25) is 0 Å². The highest BCUT2D eigenvalue weighted by Crippen LogP contribution is 2.14. The van der Waals surface area contributed by atoms with Crippen LogP contribution in [0.4, 0.5) is 0 Å². The molecule has 1 atom stereocenters. The van der Waals surface area contributed by atoms with Crippen molar-refractivity contribution < 1.29 is 28.6 Å². The number of amides is 2. The Bertz CT molecular complexity index is 1070. The van der Waals surface area contributed by atoms with Crippen LogP contribution < -0.4 is 20.1 Å². The molecule has 0 radical (unpaired) electrons. The zero-order valence-corrected chi connectivity index (χ0v) is 20.8. The minimum atomic E-state index is -0.885. The van der Waals surface area contributed by atoms with Crippen molar-refractivity contribution in [3.63, 3.8) is 0 Å². The minimum Gasteiger partial charge on any atom is -0.494 e. The lowest BCUT2D eigenvalue weighted by molar-refractivity contribution is -0.148. The van der Waals surface area contributed by atoms with Crippen LogP contribution in [0.25, 0.3) is 6.08 Å². The van der Waals surface area contributed by atoms with Crippen molar-refractivity contribution in [1.82, 2.24) is 15.5 Å². The van der Waals surface area contributed by atoms with E-state index in [0.717, 1.165) is 11.3 Å². The molecular formula is C26H29N3O6S. The smallest absolute Gasteiger partial charge is 0.308 e. The SMILES string of the molecule is CCOc1ccc(/C=C/C(=O)NC(=S)N2CCNC(=O)C2CC(=O)OCCOc2ccccc2)cc1. The third kappa shape index (κ3) is 8.38. The van der Waals surface area contributed by atoms with Gasteiger partial charge in [0.05, 0.1) is 13.0 Å². The van der Waals surface area contributed by atoms with Crippen molar-refractivity contribution in [2.75, 3.05) is 32.9 Å². The van der Waals surface area contributed by atoms with Crippen molar-refractivity contribution in [1.29, 1.82) is 0 Å². The predicted molar refractivity (Wildman–Crippen MR) is 138 cm³/mol. The molecule has 0 aliphatic carbocycles. The van der Waals surface area contributed by atoms with Crippen molar-refractivity contribution in [2.24, 2.45) is 0 Å². The van der Waals surface area contributed by atoms with Gasteiger partial charge < -0.3 is 24.4 Å². The summed E-state index contributed by atoms with van der Waals surface area (Å²) < 4.78 is 16.1. The zero-order chi connectivity index (χ0) is 25.8. The topological polar surface area (TPSA) is 106 Å². The molecule has 1 saturated heterocycles. The third-order valence-electron chi connectivity index (χ3n) is 5.16. The van der Waals surface area contributed by atoms with E-state index in [1.165, 1.54) is 11.0 Å². The summed E-state index contributed by atoms with van der Waals surface area (Å²) >= 11 is 5.36. The minimum absolute atomic E-state index is 0.0413. The molecule has 3 rings (SSSR count). The molecule has 2 aromatic rings. The van der Waals surface area contributed by atoms with Gasteiger partial charge in [-0.1, -0.05) is 30.3 Å². The molecule has 2 amide bonds. The van der Waals surface area contributed by atoms with E-state index in [0.29, 0.717) is 25.4 Å². The lowest BCUT2D eigenvalue weighted by Gasteiger charge is -2.36. The Kier molecular flexibility index (Phi) is 10.3. The fourth-order valence-electron chi connectivity index (χ4n) is 3.44. The van der Waals surface area contributed by atoms with Crippen molar-refractivity contribution in [3.8, 4) is 11.5 Å². The molecule has 1 unspecified atom stereocenters. The first-order valence-electron chi connectivity index (χ1n) is 11.6. The van der Waals surface area contributed by atoms with Gasteiger partial charge in [0, 0.05) is 19.2 Å². The Morgan fingerprint density at radius 3 is 2.53 bits per heavy atom. The van der Waals surface area contributed by atoms with Crippen LogP contribution in [0.3, 0.4) is 0 Å². The second-order valence-corrected chi connectivity index (χ2v) is 8.10. The van der Waals surface area contributed by atoms with Gasteiger partial charge in [-0.3, -0.25) is 19.7 Å². The molecule has 190 valence electrons. The van der Waals surface area contributed by atoms with E-state index >= 15 is 0 Å². The van der Waals surface area contributed by atoms with Crippen LogP contribution in [0.15, 0.2) is 60.7 Å². The quantitative estimate of drug-likeness (QED) is 0.217. The number of hydrogen-bond donors (Lipinski definition) is 2. The second kappa shape index (κ2) is 13.8. The average molecular weight is 512 g/mol. The summed E-state index contributed by atoms with van der Waals surface area (Å²) in [7, 11) is 0. The van der Waals surface area contributed by atoms with Crippen LogP contribution in [-0.4, -0.2) is 66.7 Å². The number of piperazine rings is 1. The largest absolute Gasteiger partial charge is 0.494 e. The fourth-order valence-corrected chi connectivity index (χ4v) is 3.76. The fraction of sp³-hybridized carbons (Fsp3) is 0.308. The average Bonchev–Trinajstić information content (AvgIpc) is 2.88. The molecule has 9 nitrogen and oxygen atoms in total. The van der Waals surface area contributed by atoms with Crippen LogP contribution in [0, 0.1) is 0 Å². The molecule has 0 aromatic heterocycles. The van der Waals surface area contributed by atoms with Crippen molar-refractivity contribution in [2.45, 2.75) is 19.4 Å². The lowest BCUT2D eigenvalue weighted by Crippen LogP contribution is -2.60. The summed E-state index contributed by atoms with van der Waals surface area (Å²) in [5, 5.41) is 5.38. The Morgan fingerprint density at radius 2 is 1.81 bits per heavy atom. The summed E-state index contributed by atoms with van der Waals surface area (Å²) in [6, 6.07) is 15.6. The van der Waals surface area contributed by atoms with E-state index < -0.39 is 17.9 Å². The van der Waals surface area contributed by atoms with Gasteiger partial charge in [0.25, 0.3) is 0 Å². The maximum absolute atomic E-state index is 12.4. The monoisotopic (exact) mass is 511 g/mol. The van der Waals surface area contributed by atoms with Gasteiger partial charge in [-0.25, -0.2) is 0 Å². The summed E-state index contributed by atoms with van der Waals surface area (Å²) in [5.74, 6) is 0.0451. The Morgan fingerprint density at radius 1 is 1.08 bits per heavy atom. The molecule has 36 heavy (non-hydrogen) atoms. The standard InChI is InChI=1S/C26H29N3O6S/c1-2-33-21-11-8-19(9-12-21)10-13-23(30)28-26(36)29-15-14-27-25(32)22(29)18-24(31)35-17-16-34-20-6-4-3-5-7-20/h3-13,22H,2,14-18H2,1H3,(H,27,32)(H,28,30,36)/b13-10+. The molecular weight excluding hydrogens is 482 g/mol. The lowest BCUT2D eigenvalue weighted by atomic mass is 10.1. The molecule has 1 heterocycles. The van der Waals surface area contributed by atoms with Gasteiger partial charge in [0.15, 0.2) is 5.11 Å². The van der Waals surface area contributed by atoms with Gasteiger partial charge in [0.2, 0.25) is 11.8 Å². The number of rotatable bonds is 10. The molecule has 2 aromatic carbocycles. The highest BCUT2D eigenvalue weighted by Gasteiger charge is 2.34. The molecule has 0 saturated carbocycles. The highest BCUT2D eigenvalue weighted by molar-refractivity contribution is 7.80. The van der Waals surface area contributed by atoms with Gasteiger partial charge in [-0.2, -0.15) is 0 Å². The van der Waals surface area contributed by atoms with Crippen LogP contribution in [0.1, 0.15) is 18.9 Å². The van der Waals surface area contributed by atoms with Gasteiger partial charge >= 0.3 is 5.97 Å². The Balaban J connectivity index is 1.48. The molecule has 1 fully saturated rings.